The van der Waals surface area contributed by atoms with Gasteiger partial charge in [-0.1, -0.05) is 18.2 Å². The molecule has 2 heterocycles. The zero-order valence-electron chi connectivity index (χ0n) is 17.0. The van der Waals surface area contributed by atoms with E-state index in [9.17, 15) is 9.59 Å². The third kappa shape index (κ3) is 4.38. The third-order valence-electron chi connectivity index (χ3n) is 5.73. The number of aromatic nitrogens is 1. The summed E-state index contributed by atoms with van der Waals surface area (Å²) < 4.78 is 5.41. The lowest BCUT2D eigenvalue weighted by molar-refractivity contribution is -0.124. The lowest BCUT2D eigenvalue weighted by atomic mass is 10.1. The fourth-order valence-corrected chi connectivity index (χ4v) is 4.82. The first-order valence-corrected chi connectivity index (χ1v) is 11.5. The molecule has 1 aromatic heterocycles. The second-order valence-electron chi connectivity index (χ2n) is 7.90. The minimum absolute atomic E-state index is 0.172. The predicted octanol–water partition coefficient (Wildman–Crippen LogP) is 4.67. The van der Waals surface area contributed by atoms with Crippen LogP contribution in [0, 0.1) is 0 Å². The Balaban J connectivity index is 1.26. The molecule has 0 bridgehead atoms. The molecule has 2 amide bonds. The van der Waals surface area contributed by atoms with Gasteiger partial charge in [-0.15, -0.1) is 11.3 Å². The molecule has 1 saturated heterocycles. The number of aryl methyl sites for hydroxylation is 2. The zero-order valence-corrected chi connectivity index (χ0v) is 17.8. The van der Waals surface area contributed by atoms with Crippen molar-refractivity contribution >= 4 is 34.0 Å². The number of hydrogen-bond donors (Lipinski definition) is 2. The highest BCUT2D eigenvalue weighted by atomic mass is 32.1. The number of nitrogens with one attached hydrogen (secondary N) is 2. The van der Waals surface area contributed by atoms with E-state index in [-0.39, 0.29) is 11.8 Å². The van der Waals surface area contributed by atoms with Gasteiger partial charge in [-0.25, -0.2) is 4.98 Å². The highest BCUT2D eigenvalue weighted by molar-refractivity contribution is 7.14. The molecule has 6 nitrogen and oxygen atoms in total. The van der Waals surface area contributed by atoms with Gasteiger partial charge in [0.15, 0.2) is 5.13 Å². The quantitative estimate of drug-likeness (QED) is 0.613. The Kier molecular flexibility index (Phi) is 5.53. The molecular weight excluding hydrogens is 410 g/mol. The van der Waals surface area contributed by atoms with Gasteiger partial charge in [-0.3, -0.25) is 14.9 Å². The summed E-state index contributed by atoms with van der Waals surface area (Å²) >= 11 is 1.40. The molecule has 1 atom stereocenters. The number of anilines is 2. The van der Waals surface area contributed by atoms with Crippen LogP contribution in [-0.2, 0) is 22.4 Å². The molecule has 158 valence electrons. The van der Waals surface area contributed by atoms with Crippen molar-refractivity contribution in [3.05, 3.63) is 64.5 Å². The standard InChI is InChI=1S/C24H23N3O3S/c28-22(18-6-2-7-19(13-18)25-23(29)21-8-3-11-30-21)27-24-26-20(14-31-24)17-10-9-15-4-1-5-16(15)12-17/h2,6-7,9-10,12-14,21H,1,3-5,8,11H2,(H,25,29)(H,26,27,28). The van der Waals surface area contributed by atoms with Gasteiger partial charge < -0.3 is 10.1 Å². The molecular formula is C24H23N3O3S. The molecule has 2 N–H and O–H groups in total. The van der Waals surface area contributed by atoms with E-state index in [1.807, 2.05) is 5.38 Å². The number of amides is 2. The number of ether oxygens (including phenoxy) is 1. The monoisotopic (exact) mass is 433 g/mol. The summed E-state index contributed by atoms with van der Waals surface area (Å²) in [5.74, 6) is -0.433. The van der Waals surface area contributed by atoms with Gasteiger partial charge in [0.05, 0.1) is 5.69 Å². The molecule has 1 aliphatic heterocycles. The van der Waals surface area contributed by atoms with Gasteiger partial charge in [0.1, 0.15) is 6.10 Å². The SMILES string of the molecule is O=C(Nc1nc(-c2ccc3c(c2)CCC3)cs1)c1cccc(NC(=O)C2CCCO2)c1. The van der Waals surface area contributed by atoms with E-state index in [1.54, 1.807) is 24.3 Å². The second-order valence-corrected chi connectivity index (χ2v) is 8.76. The first-order valence-electron chi connectivity index (χ1n) is 10.6. The van der Waals surface area contributed by atoms with Crippen LogP contribution in [0.25, 0.3) is 11.3 Å². The van der Waals surface area contributed by atoms with Crippen molar-refractivity contribution in [2.24, 2.45) is 0 Å². The molecule has 31 heavy (non-hydrogen) atoms. The van der Waals surface area contributed by atoms with Crippen LogP contribution in [0.15, 0.2) is 47.8 Å². The number of hydrogen-bond acceptors (Lipinski definition) is 5. The predicted molar refractivity (Wildman–Crippen MR) is 122 cm³/mol. The largest absolute Gasteiger partial charge is 0.368 e. The Labute approximate surface area is 184 Å². The van der Waals surface area contributed by atoms with Crippen LogP contribution in [0.4, 0.5) is 10.8 Å². The molecule has 0 radical (unpaired) electrons. The maximum Gasteiger partial charge on any atom is 0.257 e. The van der Waals surface area contributed by atoms with Crippen molar-refractivity contribution in [1.82, 2.24) is 4.98 Å². The van der Waals surface area contributed by atoms with Crippen LogP contribution in [-0.4, -0.2) is 29.5 Å². The van der Waals surface area contributed by atoms with Crippen LogP contribution >= 0.6 is 11.3 Å². The average molecular weight is 434 g/mol. The smallest absolute Gasteiger partial charge is 0.257 e. The molecule has 2 aromatic carbocycles. The Hall–Kier alpha value is -3.03. The maximum absolute atomic E-state index is 12.7. The number of carbonyl (C=O) groups excluding carboxylic acids is 2. The summed E-state index contributed by atoms with van der Waals surface area (Å²) in [4.78, 5) is 29.6. The Morgan fingerprint density at radius 2 is 1.94 bits per heavy atom. The molecule has 2 aliphatic rings. The zero-order chi connectivity index (χ0) is 21.2. The minimum atomic E-state index is -0.412. The lowest BCUT2D eigenvalue weighted by Crippen LogP contribution is -2.27. The summed E-state index contributed by atoms with van der Waals surface area (Å²) in [5.41, 5.74) is 5.81. The lowest BCUT2D eigenvalue weighted by Gasteiger charge is -2.11. The Bertz CT molecular complexity index is 1130. The van der Waals surface area contributed by atoms with Gasteiger partial charge in [0.25, 0.3) is 11.8 Å². The Morgan fingerprint density at radius 1 is 1.03 bits per heavy atom. The number of fused-ring (bicyclic) bond motifs is 1. The highest BCUT2D eigenvalue weighted by Crippen LogP contribution is 2.30. The number of nitrogens with zero attached hydrogens (tertiary/aromatic N) is 1. The van der Waals surface area contributed by atoms with Crippen molar-refractivity contribution in [3.8, 4) is 11.3 Å². The molecule has 3 aromatic rings. The maximum atomic E-state index is 12.7. The number of rotatable bonds is 5. The molecule has 0 saturated carbocycles. The van der Waals surface area contributed by atoms with Gasteiger partial charge in [-0.2, -0.15) is 0 Å². The average Bonchev–Trinajstić information content (AvgIpc) is 3.54. The van der Waals surface area contributed by atoms with Crippen LogP contribution < -0.4 is 10.6 Å². The highest BCUT2D eigenvalue weighted by Gasteiger charge is 2.23. The van der Waals surface area contributed by atoms with Crippen molar-refractivity contribution in [2.75, 3.05) is 17.2 Å². The molecule has 7 heteroatoms. The summed E-state index contributed by atoms with van der Waals surface area (Å²) in [7, 11) is 0. The summed E-state index contributed by atoms with van der Waals surface area (Å²) in [6.07, 6.45) is 4.69. The van der Waals surface area contributed by atoms with Crippen molar-refractivity contribution in [3.63, 3.8) is 0 Å². The van der Waals surface area contributed by atoms with Crippen LogP contribution in [0.1, 0.15) is 40.7 Å². The Morgan fingerprint density at radius 3 is 2.81 bits per heavy atom. The fourth-order valence-electron chi connectivity index (χ4n) is 4.11. The van der Waals surface area contributed by atoms with E-state index < -0.39 is 6.10 Å². The van der Waals surface area contributed by atoms with E-state index in [2.05, 4.69) is 33.8 Å². The number of thiazole rings is 1. The topological polar surface area (TPSA) is 80.3 Å². The fraction of sp³-hybridized carbons (Fsp3) is 0.292. The number of carbonyl (C=O) groups is 2. The molecule has 0 spiro atoms. The van der Waals surface area contributed by atoms with Gasteiger partial charge in [0.2, 0.25) is 0 Å². The van der Waals surface area contributed by atoms with Gasteiger partial charge in [-0.05, 0) is 67.5 Å². The first kappa shape index (κ1) is 19.9. The molecule has 1 fully saturated rings. The van der Waals surface area contributed by atoms with Crippen molar-refractivity contribution < 1.29 is 14.3 Å². The van der Waals surface area contributed by atoms with Crippen molar-refractivity contribution in [1.29, 1.82) is 0 Å². The van der Waals surface area contributed by atoms with E-state index in [0.717, 1.165) is 36.9 Å². The molecule has 1 aliphatic carbocycles. The summed E-state index contributed by atoms with van der Waals surface area (Å²) in [6.45, 7) is 0.613. The van der Waals surface area contributed by atoms with Crippen LogP contribution in [0.5, 0.6) is 0 Å². The van der Waals surface area contributed by atoms with Crippen LogP contribution in [0.2, 0.25) is 0 Å². The third-order valence-corrected chi connectivity index (χ3v) is 6.49. The summed E-state index contributed by atoms with van der Waals surface area (Å²) in [6, 6.07) is 13.4. The second kappa shape index (κ2) is 8.61. The first-order chi connectivity index (χ1) is 15.2. The van der Waals surface area contributed by atoms with E-state index in [0.29, 0.717) is 23.0 Å². The van der Waals surface area contributed by atoms with Crippen molar-refractivity contribution in [2.45, 2.75) is 38.2 Å². The molecule has 1 unspecified atom stereocenters. The van der Waals surface area contributed by atoms with Gasteiger partial charge in [0, 0.05) is 28.8 Å². The molecule has 5 rings (SSSR count). The van der Waals surface area contributed by atoms with E-state index in [1.165, 1.54) is 28.9 Å². The van der Waals surface area contributed by atoms with Gasteiger partial charge >= 0.3 is 0 Å². The minimum Gasteiger partial charge on any atom is -0.368 e. The summed E-state index contributed by atoms with van der Waals surface area (Å²) in [5, 5.41) is 8.21. The number of benzene rings is 2. The van der Waals surface area contributed by atoms with Crippen LogP contribution in [0.3, 0.4) is 0 Å². The normalized spacial score (nSPS) is 17.4. The van der Waals surface area contributed by atoms with E-state index >= 15 is 0 Å². The van der Waals surface area contributed by atoms with E-state index in [4.69, 9.17) is 4.74 Å².